The van der Waals surface area contributed by atoms with E-state index in [2.05, 4.69) is 12.1 Å². The van der Waals surface area contributed by atoms with Gasteiger partial charge < -0.3 is 5.73 Å². The predicted molar refractivity (Wildman–Crippen MR) is 84.0 cm³/mol. The van der Waals surface area contributed by atoms with Gasteiger partial charge in [0.1, 0.15) is 0 Å². The molecule has 0 saturated carbocycles. The lowest BCUT2D eigenvalue weighted by molar-refractivity contribution is 0.683. The minimum absolute atomic E-state index is 0.643. The molecule has 0 radical (unpaired) electrons. The summed E-state index contributed by atoms with van der Waals surface area (Å²) in [6.45, 7) is 1.97. The van der Waals surface area contributed by atoms with Crippen LogP contribution in [0, 0.1) is 6.92 Å². The Bertz CT molecular complexity index is 570. The van der Waals surface area contributed by atoms with E-state index in [0.29, 0.717) is 11.4 Å². The average molecular weight is 291 g/mol. The molecule has 2 rings (SSSR count). The van der Waals surface area contributed by atoms with Crippen molar-refractivity contribution in [1.82, 2.24) is 0 Å². The fraction of sp³-hybridized carbons (Fsp3) is 0.200. The van der Waals surface area contributed by atoms with Crippen molar-refractivity contribution in [3.05, 3.63) is 54.1 Å². The molecule has 2 nitrogen and oxygen atoms in total. The topological polar surface area (TPSA) is 43.1 Å². The van der Waals surface area contributed by atoms with Gasteiger partial charge >= 0.3 is 0 Å². The number of nitrogens with two attached hydrogens (primary N) is 1. The van der Waals surface area contributed by atoms with Crippen molar-refractivity contribution in [2.75, 3.05) is 17.2 Å². The van der Waals surface area contributed by atoms with Crippen LogP contribution in [0.15, 0.2) is 58.3 Å². The van der Waals surface area contributed by atoms with Gasteiger partial charge in [-0.2, -0.15) is 0 Å². The Balaban J connectivity index is 1.93. The van der Waals surface area contributed by atoms with Crippen LogP contribution < -0.4 is 5.73 Å². The van der Waals surface area contributed by atoms with Crippen molar-refractivity contribution in [3.8, 4) is 0 Å². The smallest absolute Gasteiger partial charge is 0.0541 e. The molecule has 19 heavy (non-hydrogen) atoms. The summed E-state index contributed by atoms with van der Waals surface area (Å²) in [6.07, 6.45) is 0. The van der Waals surface area contributed by atoms with Crippen LogP contribution in [0.25, 0.3) is 0 Å². The molecule has 0 aromatic heterocycles. The second-order valence-electron chi connectivity index (χ2n) is 4.24. The van der Waals surface area contributed by atoms with Crippen molar-refractivity contribution in [3.63, 3.8) is 0 Å². The fourth-order valence-electron chi connectivity index (χ4n) is 1.72. The Morgan fingerprint density at radius 1 is 1.16 bits per heavy atom. The van der Waals surface area contributed by atoms with Gasteiger partial charge in [-0.3, -0.25) is 4.21 Å². The van der Waals surface area contributed by atoms with Gasteiger partial charge in [-0.15, -0.1) is 11.8 Å². The summed E-state index contributed by atoms with van der Waals surface area (Å²) in [6, 6.07) is 15.7. The highest BCUT2D eigenvalue weighted by Gasteiger charge is 2.08. The highest BCUT2D eigenvalue weighted by molar-refractivity contribution is 8.00. The van der Waals surface area contributed by atoms with E-state index in [9.17, 15) is 4.21 Å². The third-order valence-corrected chi connectivity index (χ3v) is 5.52. The molecule has 4 heteroatoms. The Kier molecular flexibility index (Phi) is 5.05. The van der Waals surface area contributed by atoms with Crippen molar-refractivity contribution < 1.29 is 4.21 Å². The van der Waals surface area contributed by atoms with E-state index in [4.69, 9.17) is 5.73 Å². The molecule has 2 N–H and O–H groups in total. The van der Waals surface area contributed by atoms with Gasteiger partial charge in [0.15, 0.2) is 0 Å². The quantitative estimate of drug-likeness (QED) is 0.677. The van der Waals surface area contributed by atoms with Crippen molar-refractivity contribution in [1.29, 1.82) is 0 Å². The van der Waals surface area contributed by atoms with Crippen LogP contribution in [-0.2, 0) is 10.8 Å². The molecule has 2 aromatic carbocycles. The number of hydrogen-bond acceptors (Lipinski definition) is 3. The third-order valence-electron chi connectivity index (χ3n) is 2.74. The second kappa shape index (κ2) is 6.78. The molecule has 100 valence electrons. The zero-order valence-electron chi connectivity index (χ0n) is 10.8. The number of anilines is 1. The van der Waals surface area contributed by atoms with Gasteiger partial charge in [0.2, 0.25) is 0 Å². The molecule has 0 spiro atoms. The minimum atomic E-state index is -0.980. The van der Waals surface area contributed by atoms with Crippen molar-refractivity contribution in [2.24, 2.45) is 0 Å². The summed E-state index contributed by atoms with van der Waals surface area (Å²) in [5, 5.41) is 0. The SMILES string of the molecule is Cc1ccc(N)cc1S(=O)CCSc1ccccc1. The van der Waals surface area contributed by atoms with E-state index in [1.807, 2.05) is 43.3 Å². The molecule has 0 saturated heterocycles. The predicted octanol–water partition coefficient (Wildman–Crippen LogP) is 3.48. The van der Waals surface area contributed by atoms with Gasteiger partial charge in [0.05, 0.1) is 10.8 Å². The van der Waals surface area contributed by atoms with Gasteiger partial charge in [-0.1, -0.05) is 24.3 Å². The number of rotatable bonds is 5. The van der Waals surface area contributed by atoms with Gasteiger partial charge in [0.25, 0.3) is 0 Å². The summed E-state index contributed by atoms with van der Waals surface area (Å²) >= 11 is 1.73. The van der Waals surface area contributed by atoms with Gasteiger partial charge in [-0.05, 0) is 36.8 Å². The Labute approximate surface area is 120 Å². The summed E-state index contributed by atoms with van der Waals surface area (Å²) in [5.41, 5.74) is 7.46. The molecular weight excluding hydrogens is 274 g/mol. The lowest BCUT2D eigenvalue weighted by Crippen LogP contribution is -2.03. The summed E-state index contributed by atoms with van der Waals surface area (Å²) in [7, 11) is -0.980. The first kappa shape index (κ1) is 14.2. The van der Waals surface area contributed by atoms with Crippen molar-refractivity contribution in [2.45, 2.75) is 16.7 Å². The minimum Gasteiger partial charge on any atom is -0.399 e. The number of benzene rings is 2. The van der Waals surface area contributed by atoms with Crippen molar-refractivity contribution >= 4 is 28.2 Å². The molecule has 0 aliphatic rings. The Morgan fingerprint density at radius 3 is 2.63 bits per heavy atom. The van der Waals surface area contributed by atoms with Gasteiger partial charge in [-0.25, -0.2) is 0 Å². The maximum atomic E-state index is 12.3. The van der Waals surface area contributed by atoms with Crippen LogP contribution in [0.1, 0.15) is 5.56 Å². The molecule has 0 aliphatic carbocycles. The number of nitrogen functional groups attached to an aromatic ring is 1. The van der Waals surface area contributed by atoms with E-state index in [1.165, 1.54) is 4.90 Å². The Morgan fingerprint density at radius 2 is 1.89 bits per heavy atom. The Hall–Kier alpha value is -1.26. The molecule has 2 aromatic rings. The summed E-state index contributed by atoms with van der Waals surface area (Å²) < 4.78 is 12.3. The highest BCUT2D eigenvalue weighted by atomic mass is 32.2. The first-order valence-electron chi connectivity index (χ1n) is 6.09. The van der Waals surface area contributed by atoms with Gasteiger partial charge in [0, 0.05) is 27.0 Å². The van der Waals surface area contributed by atoms with E-state index < -0.39 is 10.8 Å². The monoisotopic (exact) mass is 291 g/mol. The van der Waals surface area contributed by atoms with E-state index in [0.717, 1.165) is 16.2 Å². The fourth-order valence-corrected chi connectivity index (χ4v) is 4.16. The molecule has 0 amide bonds. The zero-order valence-corrected chi connectivity index (χ0v) is 12.5. The number of thioether (sulfide) groups is 1. The van der Waals surface area contributed by atoms with Crippen LogP contribution in [-0.4, -0.2) is 15.7 Å². The largest absolute Gasteiger partial charge is 0.399 e. The molecule has 0 fully saturated rings. The first-order valence-corrected chi connectivity index (χ1v) is 8.39. The maximum absolute atomic E-state index is 12.3. The highest BCUT2D eigenvalue weighted by Crippen LogP contribution is 2.20. The molecule has 0 aliphatic heterocycles. The summed E-state index contributed by atoms with van der Waals surface area (Å²) in [5.74, 6) is 1.48. The van der Waals surface area contributed by atoms with E-state index >= 15 is 0 Å². The van der Waals surface area contributed by atoms with Crippen LogP contribution in [0.5, 0.6) is 0 Å². The van der Waals surface area contributed by atoms with Crippen LogP contribution in [0.3, 0.4) is 0 Å². The lowest BCUT2D eigenvalue weighted by atomic mass is 10.2. The molecular formula is C15H17NOS2. The van der Waals surface area contributed by atoms with E-state index in [1.54, 1.807) is 11.8 Å². The lowest BCUT2D eigenvalue weighted by Gasteiger charge is -2.07. The molecule has 0 bridgehead atoms. The third kappa shape index (κ3) is 4.11. The standard InChI is InChI=1S/C15H17NOS2/c1-12-7-8-13(16)11-15(12)19(17)10-9-18-14-5-3-2-4-6-14/h2-8,11H,9-10,16H2,1H3. The van der Waals surface area contributed by atoms with Crippen LogP contribution in [0.2, 0.25) is 0 Å². The second-order valence-corrected chi connectivity index (χ2v) is 6.94. The molecule has 0 heterocycles. The van der Waals surface area contributed by atoms with Crippen LogP contribution in [0.4, 0.5) is 5.69 Å². The maximum Gasteiger partial charge on any atom is 0.0541 e. The zero-order chi connectivity index (χ0) is 13.7. The normalized spacial score (nSPS) is 12.3. The van der Waals surface area contributed by atoms with Crippen LogP contribution >= 0.6 is 11.8 Å². The first-order chi connectivity index (χ1) is 9.16. The molecule has 1 atom stereocenters. The van der Waals surface area contributed by atoms with E-state index in [-0.39, 0.29) is 0 Å². The number of hydrogen-bond donors (Lipinski definition) is 1. The number of aryl methyl sites for hydroxylation is 1. The summed E-state index contributed by atoms with van der Waals surface area (Å²) in [4.78, 5) is 2.07. The average Bonchev–Trinajstić information content (AvgIpc) is 2.42. The molecule has 1 unspecified atom stereocenters.